The Kier molecular flexibility index (Phi) is 13.0. The van der Waals surface area contributed by atoms with E-state index in [1.165, 1.54) is 0 Å². The summed E-state index contributed by atoms with van der Waals surface area (Å²) in [5, 5.41) is 12.8. The Morgan fingerprint density at radius 2 is 1.70 bits per heavy atom. The van der Waals surface area contributed by atoms with Gasteiger partial charge in [0.25, 0.3) is 0 Å². The molecule has 0 spiro atoms. The number of allylic oxidation sites excluding steroid dienone is 7. The third-order valence-corrected chi connectivity index (χ3v) is 3.32. The number of carbonyl (C=O) groups is 1. The number of amides is 1. The lowest BCUT2D eigenvalue weighted by Crippen LogP contribution is -2.39. The number of nitrogens with one attached hydrogen (secondary N) is 1. The molecule has 3 nitrogen and oxygen atoms in total. The summed E-state index contributed by atoms with van der Waals surface area (Å²) in [6.07, 6.45) is 21.1. The summed E-state index contributed by atoms with van der Waals surface area (Å²) in [7, 11) is 0. The van der Waals surface area contributed by atoms with Crippen molar-refractivity contribution in [3.8, 4) is 0 Å². The molecule has 0 bridgehead atoms. The molecule has 0 aliphatic carbocycles. The highest BCUT2D eigenvalue weighted by Crippen LogP contribution is 2.12. The van der Waals surface area contributed by atoms with Crippen molar-refractivity contribution in [2.75, 3.05) is 6.54 Å². The Labute approximate surface area is 141 Å². The Bertz CT molecular complexity index is 417. The van der Waals surface area contributed by atoms with Gasteiger partial charge in [0.1, 0.15) is 0 Å². The number of aliphatic hydroxyl groups is 1. The van der Waals surface area contributed by atoms with Gasteiger partial charge in [0.2, 0.25) is 5.91 Å². The molecule has 1 unspecified atom stereocenters. The van der Waals surface area contributed by atoms with Gasteiger partial charge < -0.3 is 10.4 Å². The molecule has 3 heteroatoms. The molecule has 1 atom stereocenters. The number of carbonyl (C=O) groups excluding carboxylic acids is 1. The standard InChI is InChI=1S/C20H33NO2/c1-4-6-8-9-10-11-12-13-14-15-16-19(22)21-18-20(3,23)17-7-5-2/h6,8-12,15-16,23H,4-5,7,13-14,17-18H2,1-3H3,(H,21,22). The van der Waals surface area contributed by atoms with Crippen LogP contribution in [-0.2, 0) is 4.79 Å². The zero-order chi connectivity index (χ0) is 17.4. The number of hydrogen-bond acceptors (Lipinski definition) is 2. The molecule has 0 heterocycles. The number of unbranched alkanes of at least 4 members (excludes halogenated alkanes) is 2. The van der Waals surface area contributed by atoms with Crippen LogP contribution in [0.25, 0.3) is 0 Å². The van der Waals surface area contributed by atoms with Gasteiger partial charge in [-0.25, -0.2) is 0 Å². The summed E-state index contributed by atoms with van der Waals surface area (Å²) in [4.78, 5) is 11.7. The van der Waals surface area contributed by atoms with E-state index in [2.05, 4.69) is 31.3 Å². The summed E-state index contributed by atoms with van der Waals surface area (Å²) < 4.78 is 0. The van der Waals surface area contributed by atoms with Crippen molar-refractivity contribution in [3.05, 3.63) is 48.6 Å². The van der Waals surface area contributed by atoms with Crippen LogP contribution in [0, 0.1) is 0 Å². The fourth-order valence-electron chi connectivity index (χ4n) is 1.88. The van der Waals surface area contributed by atoms with Crippen LogP contribution in [0.15, 0.2) is 48.6 Å². The van der Waals surface area contributed by atoms with Gasteiger partial charge in [-0.1, -0.05) is 69.2 Å². The molecule has 130 valence electrons. The topological polar surface area (TPSA) is 49.3 Å². The maximum atomic E-state index is 11.7. The zero-order valence-electron chi connectivity index (χ0n) is 14.9. The van der Waals surface area contributed by atoms with Crippen LogP contribution < -0.4 is 5.32 Å². The van der Waals surface area contributed by atoms with Crippen LogP contribution in [0.3, 0.4) is 0 Å². The van der Waals surface area contributed by atoms with Crippen molar-refractivity contribution in [2.45, 2.75) is 64.9 Å². The van der Waals surface area contributed by atoms with Gasteiger partial charge in [-0.3, -0.25) is 4.79 Å². The van der Waals surface area contributed by atoms with Crippen LogP contribution in [0.1, 0.15) is 59.3 Å². The molecule has 0 fully saturated rings. The maximum Gasteiger partial charge on any atom is 0.243 e. The first kappa shape index (κ1) is 21.4. The average molecular weight is 319 g/mol. The minimum atomic E-state index is -0.819. The quantitative estimate of drug-likeness (QED) is 0.317. The highest BCUT2D eigenvalue weighted by atomic mass is 16.3. The minimum Gasteiger partial charge on any atom is -0.388 e. The Morgan fingerprint density at radius 1 is 1.04 bits per heavy atom. The molecule has 0 aromatic carbocycles. The van der Waals surface area contributed by atoms with E-state index < -0.39 is 5.60 Å². The van der Waals surface area contributed by atoms with E-state index in [1.54, 1.807) is 13.0 Å². The molecule has 0 aromatic heterocycles. The molecule has 0 aliphatic heterocycles. The van der Waals surface area contributed by atoms with Crippen LogP contribution in [0.2, 0.25) is 0 Å². The van der Waals surface area contributed by atoms with E-state index >= 15 is 0 Å². The lowest BCUT2D eigenvalue weighted by molar-refractivity contribution is -0.117. The van der Waals surface area contributed by atoms with Gasteiger partial charge in [0, 0.05) is 6.54 Å². The molecule has 0 radical (unpaired) electrons. The second kappa shape index (κ2) is 14.0. The van der Waals surface area contributed by atoms with Crippen molar-refractivity contribution in [3.63, 3.8) is 0 Å². The van der Waals surface area contributed by atoms with Crippen molar-refractivity contribution >= 4 is 5.91 Å². The van der Waals surface area contributed by atoms with E-state index in [9.17, 15) is 9.90 Å². The zero-order valence-corrected chi connectivity index (χ0v) is 14.9. The lowest BCUT2D eigenvalue weighted by Gasteiger charge is -2.22. The third-order valence-electron chi connectivity index (χ3n) is 3.32. The third kappa shape index (κ3) is 15.1. The van der Waals surface area contributed by atoms with Crippen molar-refractivity contribution < 1.29 is 9.90 Å². The highest BCUT2D eigenvalue weighted by Gasteiger charge is 2.19. The molecular weight excluding hydrogens is 286 g/mol. The SMILES string of the molecule is CCC=CC=CC=CCCC=CC(=O)NCC(C)(O)CCCC. The van der Waals surface area contributed by atoms with Crippen LogP contribution >= 0.6 is 0 Å². The second-order valence-corrected chi connectivity index (χ2v) is 5.95. The number of hydrogen-bond donors (Lipinski definition) is 2. The predicted octanol–water partition coefficient (Wildman–Crippen LogP) is 4.46. The first-order chi connectivity index (χ1) is 11.0. The van der Waals surface area contributed by atoms with Crippen molar-refractivity contribution in [1.82, 2.24) is 5.32 Å². The van der Waals surface area contributed by atoms with Crippen LogP contribution in [0.4, 0.5) is 0 Å². The summed E-state index contributed by atoms with van der Waals surface area (Å²) in [6, 6.07) is 0. The Morgan fingerprint density at radius 3 is 2.35 bits per heavy atom. The predicted molar refractivity (Wildman–Crippen MR) is 99.2 cm³/mol. The van der Waals surface area contributed by atoms with Gasteiger partial charge in [-0.05, 0) is 38.7 Å². The van der Waals surface area contributed by atoms with Crippen molar-refractivity contribution in [2.24, 2.45) is 0 Å². The second-order valence-electron chi connectivity index (χ2n) is 5.95. The van der Waals surface area contributed by atoms with Gasteiger partial charge in [0.15, 0.2) is 0 Å². The van der Waals surface area contributed by atoms with Gasteiger partial charge in [-0.15, -0.1) is 0 Å². The number of rotatable bonds is 12. The van der Waals surface area contributed by atoms with Crippen molar-refractivity contribution in [1.29, 1.82) is 0 Å². The highest BCUT2D eigenvalue weighted by molar-refractivity contribution is 5.87. The summed E-state index contributed by atoms with van der Waals surface area (Å²) in [5.74, 6) is -0.143. The smallest absolute Gasteiger partial charge is 0.243 e. The molecule has 0 saturated carbocycles. The fourth-order valence-corrected chi connectivity index (χ4v) is 1.88. The first-order valence-electron chi connectivity index (χ1n) is 8.67. The fraction of sp³-hybridized carbons (Fsp3) is 0.550. The average Bonchev–Trinajstić information content (AvgIpc) is 2.53. The Balaban J connectivity index is 3.82. The van der Waals surface area contributed by atoms with Gasteiger partial charge in [0.05, 0.1) is 5.60 Å². The first-order valence-corrected chi connectivity index (χ1v) is 8.67. The summed E-state index contributed by atoms with van der Waals surface area (Å²) in [5.41, 5.74) is -0.819. The van der Waals surface area contributed by atoms with E-state index in [-0.39, 0.29) is 5.91 Å². The van der Waals surface area contributed by atoms with Crippen LogP contribution in [-0.4, -0.2) is 23.2 Å². The van der Waals surface area contributed by atoms with E-state index in [0.29, 0.717) is 13.0 Å². The molecule has 1 amide bonds. The molecule has 2 N–H and O–H groups in total. The monoisotopic (exact) mass is 319 g/mol. The minimum absolute atomic E-state index is 0.143. The molecule has 23 heavy (non-hydrogen) atoms. The Hall–Kier alpha value is -1.61. The molecular formula is C20H33NO2. The largest absolute Gasteiger partial charge is 0.388 e. The van der Waals surface area contributed by atoms with Gasteiger partial charge >= 0.3 is 0 Å². The molecule has 0 aliphatic rings. The lowest BCUT2D eigenvalue weighted by atomic mass is 9.99. The summed E-state index contributed by atoms with van der Waals surface area (Å²) >= 11 is 0. The molecule has 0 rings (SSSR count). The van der Waals surface area contributed by atoms with Gasteiger partial charge in [-0.2, -0.15) is 0 Å². The molecule has 0 aromatic rings. The summed E-state index contributed by atoms with van der Waals surface area (Å²) in [6.45, 7) is 6.26. The van der Waals surface area contributed by atoms with Crippen LogP contribution in [0.5, 0.6) is 0 Å². The van der Waals surface area contributed by atoms with E-state index in [4.69, 9.17) is 0 Å². The van der Waals surface area contributed by atoms with E-state index in [1.807, 2.05) is 30.4 Å². The van der Waals surface area contributed by atoms with E-state index in [0.717, 1.165) is 32.1 Å². The molecule has 0 saturated heterocycles. The normalized spacial score (nSPS) is 15.1. The maximum absolute atomic E-state index is 11.7.